The van der Waals surface area contributed by atoms with Crippen LogP contribution in [0.4, 0.5) is 11.4 Å². The average molecular weight is 641 g/mol. The second-order valence-electron chi connectivity index (χ2n) is 11.2. The maximum Gasteiger partial charge on any atom is 0.255 e. The number of amides is 2. The molecule has 0 aliphatic heterocycles. The molecule has 0 bridgehead atoms. The number of benzene rings is 3. The van der Waals surface area contributed by atoms with Crippen LogP contribution in [0.1, 0.15) is 100 Å². The lowest BCUT2D eigenvalue weighted by Crippen LogP contribution is -2.34. The van der Waals surface area contributed by atoms with Gasteiger partial charge in [-0.05, 0) is 55.2 Å². The van der Waals surface area contributed by atoms with E-state index in [1.807, 2.05) is 12.1 Å². The van der Waals surface area contributed by atoms with Gasteiger partial charge in [0, 0.05) is 11.6 Å². The second kappa shape index (κ2) is 17.8. The number of carbonyl (C=O) groups is 2. The third-order valence-corrected chi connectivity index (χ3v) is 10.3. The van der Waals surface area contributed by atoms with Gasteiger partial charge in [-0.15, -0.1) is 0 Å². The predicted molar refractivity (Wildman–Crippen MR) is 179 cm³/mol. The van der Waals surface area contributed by atoms with Crippen LogP contribution in [0.5, 0.6) is 5.75 Å². The standard InChI is InChI=1S/C35H45ClN2O5S/c1-3-5-6-7-8-9-10-11-12-14-17-26-20-22-28(23-21-26)44(42,43)33(4-2)35(41)37-30-25-32(39)31(24-29(30)36)38-34(40)27-18-15-13-16-19-27/h13,15-16,18-25,33,39H,3-12,14,17H2,1-2H3,(H,37,41)(H,38,40). The highest BCUT2D eigenvalue weighted by atomic mass is 35.5. The molecule has 1 unspecified atom stereocenters. The van der Waals surface area contributed by atoms with Crippen molar-refractivity contribution in [3.05, 3.63) is 82.9 Å². The number of hydrogen-bond donors (Lipinski definition) is 3. The minimum atomic E-state index is -3.98. The van der Waals surface area contributed by atoms with Gasteiger partial charge in [0.2, 0.25) is 5.91 Å². The molecule has 0 fully saturated rings. The Balaban J connectivity index is 1.55. The van der Waals surface area contributed by atoms with Gasteiger partial charge >= 0.3 is 0 Å². The molecule has 0 saturated heterocycles. The Kier molecular flexibility index (Phi) is 14.2. The van der Waals surface area contributed by atoms with Gasteiger partial charge in [-0.1, -0.05) is 114 Å². The van der Waals surface area contributed by atoms with E-state index >= 15 is 0 Å². The zero-order valence-corrected chi connectivity index (χ0v) is 27.4. The molecule has 0 spiro atoms. The van der Waals surface area contributed by atoms with E-state index in [2.05, 4.69) is 17.6 Å². The first kappa shape index (κ1) is 35.1. The summed E-state index contributed by atoms with van der Waals surface area (Å²) < 4.78 is 26.8. The maximum atomic E-state index is 13.4. The number of phenols is 1. The Morgan fingerprint density at radius 2 is 1.36 bits per heavy atom. The highest BCUT2D eigenvalue weighted by molar-refractivity contribution is 7.92. The largest absolute Gasteiger partial charge is 0.506 e. The summed E-state index contributed by atoms with van der Waals surface area (Å²) in [4.78, 5) is 25.7. The number of unbranched alkanes of at least 4 members (excludes halogenated alkanes) is 9. The minimum Gasteiger partial charge on any atom is -0.506 e. The smallest absolute Gasteiger partial charge is 0.255 e. The number of carbonyl (C=O) groups excluding carboxylic acids is 2. The number of phenolic OH excluding ortho intramolecular Hbond substituents is 1. The van der Waals surface area contributed by atoms with Crippen molar-refractivity contribution in [2.24, 2.45) is 0 Å². The van der Waals surface area contributed by atoms with Crippen LogP contribution in [0, 0.1) is 0 Å². The van der Waals surface area contributed by atoms with Crippen LogP contribution in [0.15, 0.2) is 71.6 Å². The average Bonchev–Trinajstić information content (AvgIpc) is 3.01. The van der Waals surface area contributed by atoms with Crippen molar-refractivity contribution in [2.45, 2.75) is 101 Å². The number of sulfone groups is 1. The van der Waals surface area contributed by atoms with Crippen LogP contribution in [0.25, 0.3) is 0 Å². The zero-order chi connectivity index (χ0) is 32.0. The highest BCUT2D eigenvalue weighted by Gasteiger charge is 2.33. The fourth-order valence-corrected chi connectivity index (χ4v) is 6.96. The Morgan fingerprint density at radius 3 is 1.95 bits per heavy atom. The molecule has 9 heteroatoms. The number of nitrogens with one attached hydrogen (secondary N) is 2. The lowest BCUT2D eigenvalue weighted by Gasteiger charge is -2.18. The maximum absolute atomic E-state index is 13.4. The van der Waals surface area contributed by atoms with Crippen molar-refractivity contribution >= 4 is 44.6 Å². The van der Waals surface area contributed by atoms with E-state index in [1.54, 1.807) is 49.4 Å². The molecule has 0 saturated carbocycles. The Morgan fingerprint density at radius 1 is 0.773 bits per heavy atom. The van der Waals surface area contributed by atoms with Gasteiger partial charge in [0.05, 0.1) is 21.3 Å². The number of hydrogen-bond acceptors (Lipinski definition) is 5. The van der Waals surface area contributed by atoms with E-state index in [0.717, 1.165) is 24.8 Å². The molecule has 238 valence electrons. The summed E-state index contributed by atoms with van der Waals surface area (Å²) >= 11 is 6.35. The van der Waals surface area contributed by atoms with E-state index < -0.39 is 26.9 Å². The molecule has 0 aliphatic rings. The SMILES string of the molecule is CCCCCCCCCCCCc1ccc(S(=O)(=O)C(CC)C(=O)Nc2cc(O)c(NC(=O)c3ccccc3)cc2Cl)cc1. The normalized spacial score (nSPS) is 12.1. The number of anilines is 2. The van der Waals surface area contributed by atoms with Crippen LogP contribution in [-0.2, 0) is 21.1 Å². The van der Waals surface area contributed by atoms with Gasteiger partial charge in [0.1, 0.15) is 11.0 Å². The molecule has 3 rings (SSSR count). The third kappa shape index (κ3) is 10.4. The molecule has 1 atom stereocenters. The third-order valence-electron chi connectivity index (χ3n) is 7.74. The van der Waals surface area contributed by atoms with Crippen molar-refractivity contribution in [2.75, 3.05) is 10.6 Å². The number of aromatic hydroxyl groups is 1. The molecule has 0 radical (unpaired) electrons. The molecule has 3 aromatic carbocycles. The fourth-order valence-electron chi connectivity index (χ4n) is 5.13. The summed E-state index contributed by atoms with van der Waals surface area (Å²) in [5, 5.41) is 14.3. The Bertz CT molecular complexity index is 1460. The Hall–Kier alpha value is -3.36. The first-order valence-corrected chi connectivity index (χ1v) is 17.6. The molecule has 0 heterocycles. The molecule has 2 amide bonds. The number of halogens is 1. The molecular weight excluding hydrogens is 596 g/mol. The van der Waals surface area contributed by atoms with Gasteiger partial charge < -0.3 is 15.7 Å². The van der Waals surface area contributed by atoms with Crippen molar-refractivity contribution in [1.82, 2.24) is 0 Å². The van der Waals surface area contributed by atoms with Crippen molar-refractivity contribution < 1.29 is 23.1 Å². The first-order valence-electron chi connectivity index (χ1n) is 15.7. The van der Waals surface area contributed by atoms with E-state index in [4.69, 9.17) is 11.6 Å². The number of rotatable bonds is 18. The molecule has 0 aliphatic carbocycles. The van der Waals surface area contributed by atoms with Gasteiger partial charge in [-0.3, -0.25) is 9.59 Å². The van der Waals surface area contributed by atoms with Crippen molar-refractivity contribution in [3.63, 3.8) is 0 Å². The van der Waals surface area contributed by atoms with Gasteiger partial charge in [-0.2, -0.15) is 0 Å². The second-order valence-corrected chi connectivity index (χ2v) is 13.7. The van der Waals surface area contributed by atoms with Gasteiger partial charge in [-0.25, -0.2) is 8.42 Å². The van der Waals surface area contributed by atoms with E-state index in [1.165, 1.54) is 63.5 Å². The van der Waals surface area contributed by atoms with E-state index in [9.17, 15) is 23.1 Å². The quantitative estimate of drug-likeness (QED) is 0.0949. The lowest BCUT2D eigenvalue weighted by atomic mass is 10.0. The highest BCUT2D eigenvalue weighted by Crippen LogP contribution is 2.35. The molecule has 3 N–H and O–H groups in total. The van der Waals surface area contributed by atoms with Crippen LogP contribution < -0.4 is 10.6 Å². The van der Waals surface area contributed by atoms with Gasteiger partial charge in [0.15, 0.2) is 9.84 Å². The molecular formula is C35H45ClN2O5S. The van der Waals surface area contributed by atoms with Crippen molar-refractivity contribution in [1.29, 1.82) is 0 Å². The van der Waals surface area contributed by atoms with Crippen LogP contribution in [-0.4, -0.2) is 30.6 Å². The van der Waals surface area contributed by atoms with Crippen molar-refractivity contribution in [3.8, 4) is 5.75 Å². The fraction of sp³-hybridized carbons (Fsp3) is 0.429. The molecule has 44 heavy (non-hydrogen) atoms. The monoisotopic (exact) mass is 640 g/mol. The lowest BCUT2D eigenvalue weighted by molar-refractivity contribution is -0.115. The zero-order valence-electron chi connectivity index (χ0n) is 25.8. The summed E-state index contributed by atoms with van der Waals surface area (Å²) in [6, 6.07) is 17.7. The molecule has 0 aromatic heterocycles. The van der Waals surface area contributed by atoms with Crippen LogP contribution in [0.3, 0.4) is 0 Å². The first-order chi connectivity index (χ1) is 21.2. The summed E-state index contributed by atoms with van der Waals surface area (Å²) in [5.74, 6) is -1.53. The Labute approximate surface area is 267 Å². The molecule has 7 nitrogen and oxygen atoms in total. The summed E-state index contributed by atoms with van der Waals surface area (Å²) in [7, 11) is -3.98. The predicted octanol–water partition coefficient (Wildman–Crippen LogP) is 8.95. The minimum absolute atomic E-state index is 0.0306. The van der Waals surface area contributed by atoms with Crippen LogP contribution >= 0.6 is 11.6 Å². The summed E-state index contributed by atoms with van der Waals surface area (Å²) in [6.07, 6.45) is 13.6. The summed E-state index contributed by atoms with van der Waals surface area (Å²) in [6.45, 7) is 3.86. The van der Waals surface area contributed by atoms with E-state index in [-0.39, 0.29) is 33.5 Å². The summed E-state index contributed by atoms with van der Waals surface area (Å²) in [5.41, 5.74) is 1.55. The van der Waals surface area contributed by atoms with Gasteiger partial charge in [0.25, 0.3) is 5.91 Å². The number of aryl methyl sites for hydroxylation is 1. The topological polar surface area (TPSA) is 113 Å². The van der Waals surface area contributed by atoms with E-state index in [0.29, 0.717) is 5.56 Å². The molecule has 3 aromatic rings. The van der Waals surface area contributed by atoms with Crippen LogP contribution in [0.2, 0.25) is 5.02 Å².